The third-order valence-electron chi connectivity index (χ3n) is 6.45. The maximum Gasteiger partial charge on any atom is 0.259 e. The Labute approximate surface area is 191 Å². The van der Waals surface area contributed by atoms with E-state index in [0.717, 1.165) is 43.6 Å². The summed E-state index contributed by atoms with van der Waals surface area (Å²) in [6.45, 7) is 11.8. The van der Waals surface area contributed by atoms with Crippen LogP contribution in [0.25, 0.3) is 10.9 Å². The van der Waals surface area contributed by atoms with E-state index in [-0.39, 0.29) is 11.4 Å². The average Bonchev–Trinajstić information content (AvgIpc) is 3.20. The molecule has 3 aromatic rings. The summed E-state index contributed by atoms with van der Waals surface area (Å²) >= 11 is 0. The minimum absolute atomic E-state index is 0.147. The number of carbonyl (C=O) groups is 1. The number of amides is 1. The normalized spacial score (nSPS) is 15.8. The van der Waals surface area contributed by atoms with Gasteiger partial charge in [0.1, 0.15) is 5.75 Å². The molecule has 1 amide bonds. The fourth-order valence-electron chi connectivity index (χ4n) is 4.61. The third kappa shape index (κ3) is 4.83. The van der Waals surface area contributed by atoms with Crippen molar-refractivity contribution in [3.05, 3.63) is 59.8 Å². The molecule has 0 atom stereocenters. The molecule has 4 rings (SSSR count). The molecule has 1 aliphatic rings. The maximum absolute atomic E-state index is 13.0. The molecule has 0 saturated carbocycles. The molecule has 2 aromatic carbocycles. The van der Waals surface area contributed by atoms with E-state index in [1.165, 1.54) is 10.9 Å². The number of likely N-dealkylation sites (tertiary alicyclic amines) is 1. The molecular weight excluding hydrogens is 398 g/mol. The van der Waals surface area contributed by atoms with E-state index >= 15 is 0 Å². The molecule has 1 aliphatic heterocycles. The molecule has 1 aromatic heterocycles. The van der Waals surface area contributed by atoms with Crippen LogP contribution in [0.2, 0.25) is 0 Å². The molecule has 0 radical (unpaired) electrons. The van der Waals surface area contributed by atoms with Crippen molar-refractivity contribution in [2.75, 3.05) is 25.0 Å². The minimum Gasteiger partial charge on any atom is -0.493 e. The van der Waals surface area contributed by atoms with Gasteiger partial charge in [0.25, 0.3) is 5.91 Å². The zero-order valence-electron chi connectivity index (χ0n) is 19.7. The molecule has 5 heteroatoms. The van der Waals surface area contributed by atoms with E-state index in [4.69, 9.17) is 4.74 Å². The zero-order chi connectivity index (χ0) is 22.7. The summed E-state index contributed by atoms with van der Waals surface area (Å²) in [5.74, 6) is 1.02. The Bertz CT molecular complexity index is 1070. The van der Waals surface area contributed by atoms with Crippen molar-refractivity contribution in [3.63, 3.8) is 0 Å². The van der Waals surface area contributed by atoms with Crippen molar-refractivity contribution in [2.24, 2.45) is 0 Å². The van der Waals surface area contributed by atoms with Crippen LogP contribution < -0.4 is 10.1 Å². The van der Waals surface area contributed by atoms with Crippen molar-refractivity contribution >= 4 is 22.5 Å². The first-order valence-corrected chi connectivity index (χ1v) is 11.8. The first kappa shape index (κ1) is 22.4. The van der Waals surface area contributed by atoms with Crippen molar-refractivity contribution < 1.29 is 9.53 Å². The van der Waals surface area contributed by atoms with Crippen LogP contribution in [0.4, 0.5) is 5.69 Å². The van der Waals surface area contributed by atoms with Gasteiger partial charge in [-0.05, 0) is 94.9 Å². The Balaban J connectivity index is 1.52. The quantitative estimate of drug-likeness (QED) is 0.487. The number of carbonyl (C=O) groups excluding carboxylic acids is 1. The SMILES string of the molecule is CCCOc1ccccc1C(=O)Nc1ccc2[nH]cc(C3CCN(C(C)(C)C)CC3)c2c1. The average molecular weight is 434 g/mol. The third-order valence-corrected chi connectivity index (χ3v) is 6.45. The fourth-order valence-corrected chi connectivity index (χ4v) is 4.61. The van der Waals surface area contributed by atoms with Crippen LogP contribution in [0.3, 0.4) is 0 Å². The number of para-hydroxylation sites is 1. The largest absolute Gasteiger partial charge is 0.493 e. The lowest BCUT2D eigenvalue weighted by Gasteiger charge is -2.40. The summed E-state index contributed by atoms with van der Waals surface area (Å²) in [5, 5.41) is 4.27. The summed E-state index contributed by atoms with van der Waals surface area (Å²) in [6.07, 6.45) is 5.37. The molecule has 5 nitrogen and oxygen atoms in total. The lowest BCUT2D eigenvalue weighted by atomic mass is 9.87. The summed E-state index contributed by atoms with van der Waals surface area (Å²) in [7, 11) is 0. The lowest BCUT2D eigenvalue weighted by molar-refractivity contribution is 0.102. The van der Waals surface area contributed by atoms with Gasteiger partial charge >= 0.3 is 0 Å². The number of nitrogens with zero attached hydrogens (tertiary/aromatic N) is 1. The number of anilines is 1. The molecule has 0 spiro atoms. The summed E-state index contributed by atoms with van der Waals surface area (Å²) in [6, 6.07) is 13.5. The molecule has 0 unspecified atom stereocenters. The van der Waals surface area contributed by atoms with E-state index in [9.17, 15) is 4.79 Å². The van der Waals surface area contributed by atoms with Crippen molar-refractivity contribution in [1.82, 2.24) is 9.88 Å². The number of nitrogens with one attached hydrogen (secondary N) is 2. The topological polar surface area (TPSA) is 57.4 Å². The maximum atomic E-state index is 13.0. The summed E-state index contributed by atoms with van der Waals surface area (Å²) in [4.78, 5) is 19.0. The summed E-state index contributed by atoms with van der Waals surface area (Å²) < 4.78 is 5.76. The van der Waals surface area contributed by atoms with E-state index in [1.807, 2.05) is 30.3 Å². The van der Waals surface area contributed by atoms with Crippen LogP contribution in [-0.2, 0) is 0 Å². The second kappa shape index (κ2) is 9.37. The first-order valence-electron chi connectivity index (χ1n) is 11.8. The smallest absolute Gasteiger partial charge is 0.259 e. The van der Waals surface area contributed by atoms with E-state index in [0.29, 0.717) is 23.8 Å². The number of rotatable bonds is 6. The Morgan fingerprint density at radius 2 is 1.91 bits per heavy atom. The molecule has 2 heterocycles. The van der Waals surface area contributed by atoms with Crippen LogP contribution in [0.1, 0.15) is 68.8 Å². The summed E-state index contributed by atoms with van der Waals surface area (Å²) in [5.41, 5.74) is 4.06. The molecule has 0 aliphatic carbocycles. The Kier molecular flexibility index (Phi) is 6.56. The number of benzene rings is 2. The molecule has 1 fully saturated rings. The van der Waals surface area contributed by atoms with Crippen LogP contribution >= 0.6 is 0 Å². The van der Waals surface area contributed by atoms with E-state index < -0.39 is 0 Å². The van der Waals surface area contributed by atoms with Gasteiger partial charge < -0.3 is 15.0 Å². The molecular formula is C27H35N3O2. The monoisotopic (exact) mass is 433 g/mol. The Morgan fingerprint density at radius 1 is 1.16 bits per heavy atom. The lowest BCUT2D eigenvalue weighted by Crippen LogP contribution is -2.45. The highest BCUT2D eigenvalue weighted by atomic mass is 16.5. The van der Waals surface area contributed by atoms with Crippen LogP contribution in [0.15, 0.2) is 48.7 Å². The number of H-pyrrole nitrogens is 1. The predicted molar refractivity (Wildman–Crippen MR) is 132 cm³/mol. The van der Waals surface area contributed by atoms with Gasteiger partial charge in [-0.15, -0.1) is 0 Å². The second-order valence-corrected chi connectivity index (χ2v) is 9.74. The molecule has 32 heavy (non-hydrogen) atoms. The Morgan fingerprint density at radius 3 is 2.62 bits per heavy atom. The number of hydrogen-bond donors (Lipinski definition) is 2. The first-order chi connectivity index (χ1) is 15.4. The van der Waals surface area contributed by atoms with E-state index in [2.05, 4.69) is 61.2 Å². The zero-order valence-corrected chi connectivity index (χ0v) is 19.7. The number of hydrogen-bond acceptors (Lipinski definition) is 3. The Hall–Kier alpha value is -2.79. The molecule has 170 valence electrons. The van der Waals surface area contributed by atoms with Gasteiger partial charge in [-0.25, -0.2) is 0 Å². The number of piperidine rings is 1. The van der Waals surface area contributed by atoms with Crippen LogP contribution in [-0.4, -0.2) is 41.0 Å². The highest BCUT2D eigenvalue weighted by molar-refractivity contribution is 6.07. The van der Waals surface area contributed by atoms with Gasteiger partial charge in [0.05, 0.1) is 12.2 Å². The number of aromatic nitrogens is 1. The number of ether oxygens (including phenoxy) is 1. The van der Waals surface area contributed by atoms with E-state index in [1.54, 1.807) is 0 Å². The van der Waals surface area contributed by atoms with Gasteiger partial charge in [0.2, 0.25) is 0 Å². The van der Waals surface area contributed by atoms with Gasteiger partial charge in [-0.1, -0.05) is 19.1 Å². The van der Waals surface area contributed by atoms with Gasteiger partial charge in [-0.2, -0.15) is 0 Å². The van der Waals surface area contributed by atoms with Crippen molar-refractivity contribution in [1.29, 1.82) is 0 Å². The molecule has 0 bridgehead atoms. The van der Waals surface area contributed by atoms with Crippen molar-refractivity contribution in [2.45, 2.75) is 58.4 Å². The standard InChI is InChI=1S/C27H35N3O2/c1-5-16-32-25-9-7-6-8-21(25)26(31)29-20-10-11-24-22(17-20)23(18-28-24)19-12-14-30(15-13-19)27(2,3)4/h6-11,17-19,28H,5,12-16H2,1-4H3,(H,29,31). The van der Waals surface area contributed by atoms with Gasteiger partial charge in [-0.3, -0.25) is 9.69 Å². The number of fused-ring (bicyclic) bond motifs is 1. The second-order valence-electron chi connectivity index (χ2n) is 9.74. The highest BCUT2D eigenvalue weighted by Gasteiger charge is 2.28. The van der Waals surface area contributed by atoms with Crippen LogP contribution in [0.5, 0.6) is 5.75 Å². The fraction of sp³-hybridized carbons (Fsp3) is 0.444. The minimum atomic E-state index is -0.147. The number of aromatic amines is 1. The highest BCUT2D eigenvalue weighted by Crippen LogP contribution is 2.36. The predicted octanol–water partition coefficient (Wildman–Crippen LogP) is 6.19. The van der Waals surface area contributed by atoms with Crippen LogP contribution in [0, 0.1) is 0 Å². The van der Waals surface area contributed by atoms with Crippen molar-refractivity contribution in [3.8, 4) is 5.75 Å². The molecule has 1 saturated heterocycles. The van der Waals surface area contributed by atoms with Gasteiger partial charge in [0.15, 0.2) is 0 Å². The molecule has 2 N–H and O–H groups in total. The van der Waals surface area contributed by atoms with Gasteiger partial charge in [0, 0.05) is 28.3 Å².